The Morgan fingerprint density at radius 2 is 2.00 bits per heavy atom. The molecule has 10 heavy (non-hydrogen) atoms. The molecule has 2 atom stereocenters. The Kier molecular flexibility index (Phi) is 5.04. The van der Waals surface area contributed by atoms with Crippen LogP contribution >= 0.6 is 12.4 Å². The Labute approximate surface area is 68.4 Å². The van der Waals surface area contributed by atoms with E-state index in [1.54, 1.807) is 0 Å². The molecule has 3 heteroatoms. The monoisotopic (exact) mass is 165 g/mol. The van der Waals surface area contributed by atoms with Crippen LogP contribution in [0.25, 0.3) is 0 Å². The first-order chi connectivity index (χ1) is 4.38. The molecule has 2 unspecified atom stereocenters. The van der Waals surface area contributed by atoms with E-state index in [4.69, 9.17) is 5.11 Å². The van der Waals surface area contributed by atoms with E-state index in [1.165, 1.54) is 6.42 Å². The fourth-order valence-electron chi connectivity index (χ4n) is 1.48. The average molecular weight is 166 g/mol. The molecule has 0 aromatic carbocycles. The van der Waals surface area contributed by atoms with E-state index in [1.807, 2.05) is 0 Å². The summed E-state index contributed by atoms with van der Waals surface area (Å²) in [7, 11) is 0. The van der Waals surface area contributed by atoms with Crippen molar-refractivity contribution in [1.82, 2.24) is 5.32 Å². The molecule has 0 bridgehead atoms. The highest BCUT2D eigenvalue weighted by Crippen LogP contribution is 2.18. The van der Waals surface area contributed by atoms with Gasteiger partial charge in [0.1, 0.15) is 0 Å². The molecular formula is C7H16ClNO. The highest BCUT2D eigenvalue weighted by atomic mass is 35.5. The van der Waals surface area contributed by atoms with Crippen molar-refractivity contribution >= 4 is 12.4 Å². The van der Waals surface area contributed by atoms with Gasteiger partial charge in [-0.05, 0) is 18.4 Å². The van der Waals surface area contributed by atoms with E-state index < -0.39 is 0 Å². The second-order valence-electron chi connectivity index (χ2n) is 2.77. The maximum atomic E-state index is 8.83. The summed E-state index contributed by atoms with van der Waals surface area (Å²) in [6, 6.07) is 0. The molecule has 0 aliphatic carbocycles. The molecule has 62 valence electrons. The number of rotatable bonds is 2. The largest absolute Gasteiger partial charge is 0.396 e. The van der Waals surface area contributed by atoms with E-state index in [9.17, 15) is 0 Å². The number of hydrogen-bond donors (Lipinski definition) is 2. The zero-order valence-corrected chi connectivity index (χ0v) is 7.16. The van der Waals surface area contributed by atoms with Gasteiger partial charge >= 0.3 is 0 Å². The van der Waals surface area contributed by atoms with Crippen LogP contribution in [0.1, 0.15) is 13.3 Å². The second-order valence-corrected chi connectivity index (χ2v) is 2.77. The van der Waals surface area contributed by atoms with Crippen LogP contribution in [0.2, 0.25) is 0 Å². The van der Waals surface area contributed by atoms with Crippen LogP contribution in [0.4, 0.5) is 0 Å². The summed E-state index contributed by atoms with van der Waals surface area (Å²) in [6.07, 6.45) is 1.19. The van der Waals surface area contributed by atoms with Crippen molar-refractivity contribution in [3.8, 4) is 0 Å². The van der Waals surface area contributed by atoms with Gasteiger partial charge in [-0.3, -0.25) is 0 Å². The molecule has 0 saturated carbocycles. The van der Waals surface area contributed by atoms with Crippen molar-refractivity contribution in [3.05, 3.63) is 0 Å². The number of aliphatic hydroxyl groups excluding tert-OH is 1. The molecule has 2 nitrogen and oxygen atoms in total. The molecule has 0 amide bonds. The molecule has 1 rings (SSSR count). The van der Waals surface area contributed by atoms with E-state index in [2.05, 4.69) is 12.2 Å². The van der Waals surface area contributed by atoms with Crippen LogP contribution in [-0.2, 0) is 0 Å². The molecule has 1 fully saturated rings. The highest BCUT2D eigenvalue weighted by molar-refractivity contribution is 5.85. The molecule has 1 saturated heterocycles. The minimum atomic E-state index is 0. The zero-order valence-electron chi connectivity index (χ0n) is 6.34. The van der Waals surface area contributed by atoms with Gasteiger partial charge in [0.15, 0.2) is 0 Å². The summed E-state index contributed by atoms with van der Waals surface area (Å²) >= 11 is 0. The summed E-state index contributed by atoms with van der Waals surface area (Å²) in [6.45, 7) is 4.64. The van der Waals surface area contributed by atoms with Gasteiger partial charge in [-0.25, -0.2) is 0 Å². The smallest absolute Gasteiger partial charge is 0.0474 e. The normalized spacial score (nSPS) is 31.8. The molecule has 0 spiro atoms. The number of halogens is 1. The third-order valence-corrected chi connectivity index (χ3v) is 2.24. The minimum Gasteiger partial charge on any atom is -0.396 e. The second kappa shape index (κ2) is 4.94. The lowest BCUT2D eigenvalue weighted by Gasteiger charge is -2.12. The lowest BCUT2D eigenvalue weighted by Crippen LogP contribution is -2.15. The van der Waals surface area contributed by atoms with E-state index in [0.717, 1.165) is 19.0 Å². The first-order valence-electron chi connectivity index (χ1n) is 3.70. The Morgan fingerprint density at radius 1 is 1.40 bits per heavy atom. The standard InChI is InChI=1S/C7H15NO.ClH/c1-2-6-3-8-4-7(6)5-9;/h6-9H,2-5H2,1H3;1H. The third kappa shape index (κ3) is 2.11. The number of hydrogen-bond acceptors (Lipinski definition) is 2. The van der Waals surface area contributed by atoms with Crippen molar-refractivity contribution in [3.63, 3.8) is 0 Å². The third-order valence-electron chi connectivity index (χ3n) is 2.24. The quantitative estimate of drug-likeness (QED) is 0.630. The maximum Gasteiger partial charge on any atom is 0.0474 e. The molecule has 1 aliphatic heterocycles. The van der Waals surface area contributed by atoms with Crippen LogP contribution in [0.15, 0.2) is 0 Å². The van der Waals surface area contributed by atoms with Crippen LogP contribution < -0.4 is 5.32 Å². The fraction of sp³-hybridized carbons (Fsp3) is 1.00. The Hall–Kier alpha value is 0.210. The van der Waals surface area contributed by atoms with Crippen molar-refractivity contribution in [2.24, 2.45) is 11.8 Å². The van der Waals surface area contributed by atoms with E-state index >= 15 is 0 Å². The predicted molar refractivity (Wildman–Crippen MR) is 44.5 cm³/mol. The highest BCUT2D eigenvalue weighted by Gasteiger charge is 2.23. The van der Waals surface area contributed by atoms with Gasteiger partial charge in [-0.15, -0.1) is 12.4 Å². The number of nitrogens with one attached hydrogen (secondary N) is 1. The lowest BCUT2D eigenvalue weighted by molar-refractivity contribution is 0.203. The Balaban J connectivity index is 0.000000810. The Bertz CT molecular complexity index is 79.7. The van der Waals surface area contributed by atoms with Gasteiger partial charge in [0.05, 0.1) is 0 Å². The topological polar surface area (TPSA) is 32.3 Å². The SMILES string of the molecule is CCC1CNCC1CO.Cl. The molecular weight excluding hydrogens is 150 g/mol. The Morgan fingerprint density at radius 3 is 2.40 bits per heavy atom. The fourth-order valence-corrected chi connectivity index (χ4v) is 1.48. The molecule has 0 radical (unpaired) electrons. The molecule has 2 N–H and O–H groups in total. The van der Waals surface area contributed by atoms with Gasteiger partial charge in [-0.1, -0.05) is 13.3 Å². The molecule has 1 aliphatic rings. The number of aliphatic hydroxyl groups is 1. The van der Waals surface area contributed by atoms with Gasteiger partial charge in [0.25, 0.3) is 0 Å². The van der Waals surface area contributed by atoms with Gasteiger partial charge in [-0.2, -0.15) is 0 Å². The van der Waals surface area contributed by atoms with Crippen molar-refractivity contribution < 1.29 is 5.11 Å². The van der Waals surface area contributed by atoms with E-state index in [-0.39, 0.29) is 12.4 Å². The van der Waals surface area contributed by atoms with Gasteiger partial charge in [0.2, 0.25) is 0 Å². The van der Waals surface area contributed by atoms with Crippen molar-refractivity contribution in [2.45, 2.75) is 13.3 Å². The first-order valence-corrected chi connectivity index (χ1v) is 3.70. The lowest BCUT2D eigenvalue weighted by atomic mass is 9.95. The van der Waals surface area contributed by atoms with Gasteiger partial charge in [0, 0.05) is 13.2 Å². The van der Waals surface area contributed by atoms with E-state index in [0.29, 0.717) is 12.5 Å². The van der Waals surface area contributed by atoms with Crippen LogP contribution in [0, 0.1) is 11.8 Å². The average Bonchev–Trinajstić information content (AvgIpc) is 2.33. The molecule has 0 aromatic rings. The summed E-state index contributed by atoms with van der Waals surface area (Å²) in [5, 5.41) is 12.1. The van der Waals surface area contributed by atoms with Crippen LogP contribution in [0.5, 0.6) is 0 Å². The summed E-state index contributed by atoms with van der Waals surface area (Å²) in [5.41, 5.74) is 0. The van der Waals surface area contributed by atoms with Crippen molar-refractivity contribution in [2.75, 3.05) is 19.7 Å². The minimum absolute atomic E-state index is 0. The zero-order chi connectivity index (χ0) is 6.69. The summed E-state index contributed by atoms with van der Waals surface area (Å²) < 4.78 is 0. The maximum absolute atomic E-state index is 8.83. The van der Waals surface area contributed by atoms with Crippen LogP contribution in [-0.4, -0.2) is 24.8 Å². The van der Waals surface area contributed by atoms with Crippen LogP contribution in [0.3, 0.4) is 0 Å². The molecule has 0 aromatic heterocycles. The van der Waals surface area contributed by atoms with Gasteiger partial charge < -0.3 is 10.4 Å². The molecule has 1 heterocycles. The summed E-state index contributed by atoms with van der Waals surface area (Å²) in [5.74, 6) is 1.24. The van der Waals surface area contributed by atoms with Crippen molar-refractivity contribution in [1.29, 1.82) is 0 Å². The first kappa shape index (κ1) is 10.2. The summed E-state index contributed by atoms with van der Waals surface area (Å²) in [4.78, 5) is 0. The predicted octanol–water partition coefficient (Wildman–Crippen LogP) is 0.646.